The van der Waals surface area contributed by atoms with E-state index in [1.165, 1.54) is 6.07 Å². The van der Waals surface area contributed by atoms with Gasteiger partial charge in [0.1, 0.15) is 6.04 Å². The number of nitrogens with two attached hydrogens (primary N) is 1. The second-order valence-electron chi connectivity index (χ2n) is 3.95. The van der Waals surface area contributed by atoms with Crippen molar-refractivity contribution in [2.75, 3.05) is 12.3 Å². The van der Waals surface area contributed by atoms with Crippen molar-refractivity contribution >= 4 is 17.6 Å². The SMILES string of the molecule is Cc1cc(C(=O)N[C@H](CCO)C(=O)O)ccc1N. The number of aryl methyl sites for hydroxylation is 1. The number of carbonyl (C=O) groups is 2. The lowest BCUT2D eigenvalue weighted by Gasteiger charge is -2.13. The van der Waals surface area contributed by atoms with Crippen LogP contribution in [0, 0.1) is 6.92 Å². The molecular weight excluding hydrogens is 236 g/mol. The summed E-state index contributed by atoms with van der Waals surface area (Å²) in [5, 5.41) is 19.9. The van der Waals surface area contributed by atoms with Gasteiger partial charge < -0.3 is 21.3 Å². The first-order valence-corrected chi connectivity index (χ1v) is 5.46. The van der Waals surface area contributed by atoms with Gasteiger partial charge in [0.15, 0.2) is 0 Å². The van der Waals surface area contributed by atoms with Gasteiger partial charge in [0.2, 0.25) is 0 Å². The van der Waals surface area contributed by atoms with Gasteiger partial charge in [-0.2, -0.15) is 0 Å². The van der Waals surface area contributed by atoms with Gasteiger partial charge in [-0.3, -0.25) is 4.79 Å². The molecule has 6 nitrogen and oxygen atoms in total. The van der Waals surface area contributed by atoms with E-state index >= 15 is 0 Å². The predicted octanol–water partition coefficient (Wildman–Crippen LogP) is 0.143. The average molecular weight is 252 g/mol. The van der Waals surface area contributed by atoms with Crippen molar-refractivity contribution in [1.29, 1.82) is 0 Å². The van der Waals surface area contributed by atoms with E-state index in [-0.39, 0.29) is 13.0 Å². The van der Waals surface area contributed by atoms with Crippen molar-refractivity contribution in [3.8, 4) is 0 Å². The zero-order valence-electron chi connectivity index (χ0n) is 10.0. The molecule has 0 spiro atoms. The highest BCUT2D eigenvalue weighted by Crippen LogP contribution is 2.12. The Bertz CT molecular complexity index is 459. The number of hydrogen-bond donors (Lipinski definition) is 4. The lowest BCUT2D eigenvalue weighted by molar-refractivity contribution is -0.139. The second kappa shape index (κ2) is 6.02. The number of carboxylic acid groups (broad SMARTS) is 1. The molecule has 1 aromatic rings. The number of hydrogen-bond acceptors (Lipinski definition) is 4. The Balaban J connectivity index is 2.80. The first-order valence-electron chi connectivity index (χ1n) is 5.46. The number of carbonyl (C=O) groups excluding carboxylic acids is 1. The van der Waals surface area contributed by atoms with Crippen LogP contribution < -0.4 is 11.1 Å². The van der Waals surface area contributed by atoms with E-state index in [2.05, 4.69) is 5.32 Å². The summed E-state index contributed by atoms with van der Waals surface area (Å²) in [6.45, 7) is 1.45. The fraction of sp³-hybridized carbons (Fsp3) is 0.333. The van der Waals surface area contributed by atoms with Crippen LogP contribution in [0.1, 0.15) is 22.3 Å². The fourth-order valence-electron chi connectivity index (χ4n) is 1.44. The van der Waals surface area contributed by atoms with Gasteiger partial charge in [-0.15, -0.1) is 0 Å². The van der Waals surface area contributed by atoms with Crippen LogP contribution in [0.2, 0.25) is 0 Å². The van der Waals surface area contributed by atoms with Crippen LogP contribution >= 0.6 is 0 Å². The lowest BCUT2D eigenvalue weighted by Crippen LogP contribution is -2.41. The third-order valence-corrected chi connectivity index (χ3v) is 2.55. The number of rotatable bonds is 5. The maximum atomic E-state index is 11.8. The molecule has 0 unspecified atom stereocenters. The third-order valence-electron chi connectivity index (χ3n) is 2.55. The van der Waals surface area contributed by atoms with E-state index in [0.717, 1.165) is 5.56 Å². The molecule has 0 heterocycles. The Morgan fingerprint density at radius 1 is 1.44 bits per heavy atom. The largest absolute Gasteiger partial charge is 0.480 e. The van der Waals surface area contributed by atoms with E-state index in [4.69, 9.17) is 15.9 Å². The Hall–Kier alpha value is -2.08. The summed E-state index contributed by atoms with van der Waals surface area (Å²) in [6, 6.07) is 3.60. The molecule has 0 aromatic heterocycles. The Morgan fingerprint density at radius 2 is 2.11 bits per heavy atom. The van der Waals surface area contributed by atoms with Crippen LogP contribution in [-0.2, 0) is 4.79 Å². The third kappa shape index (κ3) is 3.46. The number of amides is 1. The van der Waals surface area contributed by atoms with Crippen molar-refractivity contribution in [2.24, 2.45) is 0 Å². The van der Waals surface area contributed by atoms with Gasteiger partial charge >= 0.3 is 5.97 Å². The van der Waals surface area contributed by atoms with Crippen molar-refractivity contribution in [3.63, 3.8) is 0 Å². The summed E-state index contributed by atoms with van der Waals surface area (Å²) < 4.78 is 0. The van der Waals surface area contributed by atoms with Crippen molar-refractivity contribution in [2.45, 2.75) is 19.4 Å². The molecule has 1 rings (SSSR count). The van der Waals surface area contributed by atoms with Crippen molar-refractivity contribution in [1.82, 2.24) is 5.32 Å². The number of nitrogens with one attached hydrogen (secondary N) is 1. The zero-order valence-corrected chi connectivity index (χ0v) is 10.0. The highest BCUT2D eigenvalue weighted by molar-refractivity contribution is 5.97. The van der Waals surface area contributed by atoms with E-state index < -0.39 is 17.9 Å². The summed E-state index contributed by atoms with van der Waals surface area (Å²) in [7, 11) is 0. The first kappa shape index (κ1) is 14.0. The van der Waals surface area contributed by atoms with Gasteiger partial charge in [-0.05, 0) is 30.7 Å². The van der Waals surface area contributed by atoms with E-state index in [1.807, 2.05) is 0 Å². The molecule has 0 saturated heterocycles. The minimum Gasteiger partial charge on any atom is -0.480 e. The van der Waals surface area contributed by atoms with Crippen LogP contribution in [0.3, 0.4) is 0 Å². The summed E-state index contributed by atoms with van der Waals surface area (Å²) in [5.74, 6) is -1.68. The maximum Gasteiger partial charge on any atom is 0.326 e. The van der Waals surface area contributed by atoms with Crippen LogP contribution in [-0.4, -0.2) is 34.7 Å². The molecule has 0 bridgehead atoms. The molecule has 0 aliphatic heterocycles. The summed E-state index contributed by atoms with van der Waals surface area (Å²) in [5.41, 5.74) is 7.28. The molecule has 6 heteroatoms. The Kier molecular flexibility index (Phi) is 4.67. The molecule has 0 saturated carbocycles. The number of aliphatic hydroxyl groups excluding tert-OH is 1. The summed E-state index contributed by atoms with van der Waals surface area (Å²) in [4.78, 5) is 22.6. The first-order chi connectivity index (χ1) is 8.45. The zero-order chi connectivity index (χ0) is 13.7. The number of carboxylic acids is 1. The second-order valence-corrected chi connectivity index (χ2v) is 3.95. The smallest absolute Gasteiger partial charge is 0.326 e. The molecule has 0 aliphatic rings. The molecule has 5 N–H and O–H groups in total. The monoisotopic (exact) mass is 252 g/mol. The topological polar surface area (TPSA) is 113 Å². The van der Waals surface area contributed by atoms with E-state index in [0.29, 0.717) is 11.3 Å². The molecule has 18 heavy (non-hydrogen) atoms. The minimum absolute atomic E-state index is 0.0327. The van der Waals surface area contributed by atoms with Crippen LogP contribution in [0.5, 0.6) is 0 Å². The van der Waals surface area contributed by atoms with Crippen LogP contribution in [0.25, 0.3) is 0 Å². The van der Waals surface area contributed by atoms with Gasteiger partial charge in [0.05, 0.1) is 0 Å². The lowest BCUT2D eigenvalue weighted by atomic mass is 10.1. The van der Waals surface area contributed by atoms with Gasteiger partial charge in [-0.25, -0.2) is 4.79 Å². The Labute approximate surface area is 104 Å². The molecule has 1 aromatic carbocycles. The highest BCUT2D eigenvalue weighted by atomic mass is 16.4. The summed E-state index contributed by atoms with van der Waals surface area (Å²) >= 11 is 0. The van der Waals surface area contributed by atoms with E-state index in [1.54, 1.807) is 19.1 Å². The van der Waals surface area contributed by atoms with Gasteiger partial charge in [-0.1, -0.05) is 0 Å². The van der Waals surface area contributed by atoms with Gasteiger partial charge in [0, 0.05) is 24.3 Å². The minimum atomic E-state index is -1.18. The highest BCUT2D eigenvalue weighted by Gasteiger charge is 2.20. The van der Waals surface area contributed by atoms with E-state index in [9.17, 15) is 9.59 Å². The van der Waals surface area contributed by atoms with Crippen molar-refractivity contribution < 1.29 is 19.8 Å². The molecule has 0 aliphatic carbocycles. The number of nitrogen functional groups attached to an aromatic ring is 1. The van der Waals surface area contributed by atoms with Gasteiger partial charge in [0.25, 0.3) is 5.91 Å². The number of aliphatic hydroxyl groups is 1. The van der Waals surface area contributed by atoms with Crippen LogP contribution in [0.4, 0.5) is 5.69 Å². The molecular formula is C12H16N2O4. The molecule has 0 radical (unpaired) electrons. The fourth-order valence-corrected chi connectivity index (χ4v) is 1.44. The molecule has 0 fully saturated rings. The predicted molar refractivity (Wildman–Crippen MR) is 66.2 cm³/mol. The number of aliphatic carboxylic acids is 1. The number of anilines is 1. The molecule has 98 valence electrons. The standard InChI is InChI=1S/C12H16N2O4/c1-7-6-8(2-3-9(7)13)11(16)14-10(4-5-15)12(17)18/h2-3,6,10,15H,4-5,13H2,1H3,(H,14,16)(H,17,18)/t10-/m1/s1. The van der Waals surface area contributed by atoms with Crippen molar-refractivity contribution in [3.05, 3.63) is 29.3 Å². The maximum absolute atomic E-state index is 11.8. The normalized spacial score (nSPS) is 11.9. The average Bonchev–Trinajstić information content (AvgIpc) is 2.31. The molecule has 1 amide bonds. The quantitative estimate of drug-likeness (QED) is 0.557. The molecule has 1 atom stereocenters. The number of benzene rings is 1. The van der Waals surface area contributed by atoms with Crippen LogP contribution in [0.15, 0.2) is 18.2 Å². The summed E-state index contributed by atoms with van der Waals surface area (Å²) in [6.07, 6.45) is -0.0327. The Morgan fingerprint density at radius 3 is 2.61 bits per heavy atom.